The van der Waals surface area contributed by atoms with Crippen molar-refractivity contribution < 1.29 is 4.79 Å². The number of nitrogens with zero attached hydrogens (tertiary/aromatic N) is 3. The summed E-state index contributed by atoms with van der Waals surface area (Å²) in [6.45, 7) is 5.03. The Morgan fingerprint density at radius 1 is 0.966 bits per heavy atom. The van der Waals surface area contributed by atoms with Crippen molar-refractivity contribution >= 4 is 11.6 Å². The van der Waals surface area contributed by atoms with Gasteiger partial charge < -0.3 is 9.47 Å². The van der Waals surface area contributed by atoms with Gasteiger partial charge in [0.15, 0.2) is 0 Å². The lowest BCUT2D eigenvalue weighted by Gasteiger charge is -2.12. The average molecular weight is 387 g/mol. The molecule has 148 valence electrons. The van der Waals surface area contributed by atoms with Gasteiger partial charge in [0.25, 0.3) is 5.56 Å². The van der Waals surface area contributed by atoms with E-state index in [4.69, 9.17) is 0 Å². The summed E-state index contributed by atoms with van der Waals surface area (Å²) >= 11 is 0. The number of carbonyl (C=O) groups is 1. The van der Waals surface area contributed by atoms with E-state index in [0.717, 1.165) is 39.9 Å². The number of benzene rings is 1. The van der Waals surface area contributed by atoms with Gasteiger partial charge in [-0.15, -0.1) is 0 Å². The van der Waals surface area contributed by atoms with Crippen molar-refractivity contribution in [3.8, 4) is 22.3 Å². The van der Waals surface area contributed by atoms with Crippen LogP contribution in [0.4, 0.5) is 5.69 Å². The molecule has 3 aromatic rings. The molecule has 0 unspecified atom stereocenters. The summed E-state index contributed by atoms with van der Waals surface area (Å²) in [6.07, 6.45) is 6.97. The minimum absolute atomic E-state index is 0.0194. The smallest absolute Gasteiger partial charge is 0.250 e. The summed E-state index contributed by atoms with van der Waals surface area (Å²) in [5, 5.41) is 0. The molecule has 3 heterocycles. The third kappa shape index (κ3) is 3.86. The molecule has 5 heteroatoms. The molecule has 5 nitrogen and oxygen atoms in total. The summed E-state index contributed by atoms with van der Waals surface area (Å²) in [4.78, 5) is 30.3. The molecule has 0 radical (unpaired) electrons. The summed E-state index contributed by atoms with van der Waals surface area (Å²) in [5.41, 5.74) is 6.00. The Hall–Kier alpha value is -3.21. The van der Waals surface area contributed by atoms with Crippen LogP contribution in [0, 0.1) is 5.92 Å². The lowest BCUT2D eigenvalue weighted by molar-refractivity contribution is -0.117. The zero-order chi connectivity index (χ0) is 20.5. The number of hydrogen-bond donors (Lipinski definition) is 0. The van der Waals surface area contributed by atoms with Crippen LogP contribution in [0.1, 0.15) is 25.8 Å². The maximum absolute atomic E-state index is 12.2. The molecule has 4 rings (SSSR count). The Morgan fingerprint density at radius 3 is 2.45 bits per heavy atom. The Bertz CT molecular complexity index is 1130. The summed E-state index contributed by atoms with van der Waals surface area (Å²) in [7, 11) is 1.81. The van der Waals surface area contributed by atoms with Gasteiger partial charge in [0.05, 0.1) is 6.42 Å². The summed E-state index contributed by atoms with van der Waals surface area (Å²) in [6, 6.07) is 11.7. The molecule has 1 amide bonds. The first-order valence-electron chi connectivity index (χ1n) is 9.98. The molecular weight excluding hydrogens is 362 g/mol. The number of rotatable bonds is 5. The number of anilines is 1. The van der Waals surface area contributed by atoms with Crippen molar-refractivity contribution in [3.05, 3.63) is 70.9 Å². The normalized spacial score (nSPS) is 13.2. The maximum Gasteiger partial charge on any atom is 0.250 e. The summed E-state index contributed by atoms with van der Waals surface area (Å²) in [5.74, 6) is 0.661. The largest absolute Gasteiger partial charge is 0.315 e. The lowest BCUT2D eigenvalue weighted by Crippen LogP contribution is -2.20. The average Bonchev–Trinajstić information content (AvgIpc) is 3.00. The van der Waals surface area contributed by atoms with E-state index in [2.05, 4.69) is 31.0 Å². The van der Waals surface area contributed by atoms with E-state index < -0.39 is 0 Å². The number of carbonyl (C=O) groups excluding carboxylic acids is 1. The van der Waals surface area contributed by atoms with Gasteiger partial charge in [0.1, 0.15) is 0 Å². The van der Waals surface area contributed by atoms with Crippen molar-refractivity contribution in [1.82, 2.24) is 9.55 Å². The molecule has 1 aliphatic heterocycles. The third-order valence-corrected chi connectivity index (χ3v) is 5.49. The van der Waals surface area contributed by atoms with Crippen molar-refractivity contribution in [2.45, 2.75) is 33.2 Å². The highest BCUT2D eigenvalue weighted by Gasteiger charge is 2.24. The molecule has 0 saturated carbocycles. The van der Waals surface area contributed by atoms with E-state index in [1.165, 1.54) is 0 Å². The fraction of sp³-hybridized carbons (Fsp3) is 0.292. The number of aromatic nitrogens is 2. The molecule has 0 atom stereocenters. The van der Waals surface area contributed by atoms with Crippen LogP contribution in [-0.4, -0.2) is 22.5 Å². The Kier molecular flexibility index (Phi) is 5.05. The first kappa shape index (κ1) is 19.1. The fourth-order valence-corrected chi connectivity index (χ4v) is 3.68. The topological polar surface area (TPSA) is 55.2 Å². The highest BCUT2D eigenvalue weighted by atomic mass is 16.2. The van der Waals surface area contributed by atoms with Crippen LogP contribution in [0.3, 0.4) is 0 Å². The minimum Gasteiger partial charge on any atom is -0.315 e. The van der Waals surface area contributed by atoms with Gasteiger partial charge in [-0.25, -0.2) is 0 Å². The molecule has 1 aromatic carbocycles. The molecule has 29 heavy (non-hydrogen) atoms. The lowest BCUT2D eigenvalue weighted by atomic mass is 10.0. The van der Waals surface area contributed by atoms with Gasteiger partial charge in [-0.2, -0.15) is 0 Å². The van der Waals surface area contributed by atoms with E-state index in [1.807, 2.05) is 43.8 Å². The SMILES string of the molecule is CC(C)CCn1cc(-c2cncc(-c3ccc4c(c3)CC(=O)N4C)c2)ccc1=O. The Balaban J connectivity index is 1.67. The van der Waals surface area contributed by atoms with E-state index in [1.54, 1.807) is 15.5 Å². The standard InChI is InChI=1S/C24H25N3O2/c1-16(2)8-9-27-15-18(5-7-23(27)28)21-11-20(13-25-14-21)17-4-6-22-19(10-17)12-24(29)26(22)3/h4-7,10-11,13-16H,8-9,12H2,1-3H3. The number of amides is 1. The van der Waals surface area contributed by atoms with Crippen LogP contribution >= 0.6 is 0 Å². The monoisotopic (exact) mass is 387 g/mol. The predicted octanol–water partition coefficient (Wildman–Crippen LogP) is 4.14. The highest BCUT2D eigenvalue weighted by Crippen LogP contribution is 2.33. The van der Waals surface area contributed by atoms with E-state index in [9.17, 15) is 9.59 Å². The Labute approximate surface area is 170 Å². The van der Waals surface area contributed by atoms with Crippen LogP contribution in [-0.2, 0) is 17.8 Å². The van der Waals surface area contributed by atoms with Crippen LogP contribution < -0.4 is 10.5 Å². The number of aryl methyl sites for hydroxylation is 1. The minimum atomic E-state index is 0.0194. The van der Waals surface area contributed by atoms with E-state index in [0.29, 0.717) is 18.9 Å². The van der Waals surface area contributed by atoms with Crippen LogP contribution in [0.5, 0.6) is 0 Å². The van der Waals surface area contributed by atoms with Crippen LogP contribution in [0.15, 0.2) is 59.8 Å². The first-order valence-corrected chi connectivity index (χ1v) is 9.98. The van der Waals surface area contributed by atoms with Crippen LogP contribution in [0.25, 0.3) is 22.3 Å². The van der Waals surface area contributed by atoms with Crippen molar-refractivity contribution in [1.29, 1.82) is 0 Å². The fourth-order valence-electron chi connectivity index (χ4n) is 3.68. The van der Waals surface area contributed by atoms with E-state index >= 15 is 0 Å². The highest BCUT2D eigenvalue weighted by molar-refractivity contribution is 6.01. The molecule has 0 N–H and O–H groups in total. The van der Waals surface area contributed by atoms with Gasteiger partial charge in [0.2, 0.25) is 5.91 Å². The molecule has 0 aliphatic carbocycles. The van der Waals surface area contributed by atoms with Crippen LogP contribution in [0.2, 0.25) is 0 Å². The number of fused-ring (bicyclic) bond motifs is 1. The number of pyridine rings is 2. The molecule has 0 fully saturated rings. The first-order chi connectivity index (χ1) is 13.9. The van der Waals surface area contributed by atoms with Gasteiger partial charge in [-0.3, -0.25) is 14.6 Å². The molecule has 0 saturated heterocycles. The number of hydrogen-bond acceptors (Lipinski definition) is 3. The molecule has 0 spiro atoms. The Morgan fingerprint density at radius 2 is 1.69 bits per heavy atom. The molecule has 1 aliphatic rings. The molecular formula is C24H25N3O2. The zero-order valence-corrected chi connectivity index (χ0v) is 17.1. The second-order valence-electron chi connectivity index (χ2n) is 8.07. The molecule has 0 bridgehead atoms. The van der Waals surface area contributed by atoms with Gasteiger partial charge >= 0.3 is 0 Å². The van der Waals surface area contributed by atoms with E-state index in [-0.39, 0.29) is 11.5 Å². The molecule has 2 aromatic heterocycles. The van der Waals surface area contributed by atoms with Crippen molar-refractivity contribution in [2.75, 3.05) is 11.9 Å². The predicted molar refractivity (Wildman–Crippen MR) is 116 cm³/mol. The van der Waals surface area contributed by atoms with Crippen molar-refractivity contribution in [2.24, 2.45) is 5.92 Å². The van der Waals surface area contributed by atoms with Gasteiger partial charge in [-0.05, 0) is 53.3 Å². The van der Waals surface area contributed by atoms with Gasteiger partial charge in [-0.1, -0.05) is 19.9 Å². The second kappa shape index (κ2) is 7.66. The van der Waals surface area contributed by atoms with Crippen molar-refractivity contribution in [3.63, 3.8) is 0 Å². The second-order valence-corrected chi connectivity index (χ2v) is 8.07. The maximum atomic E-state index is 12.2. The quantitative estimate of drug-likeness (QED) is 0.661. The number of likely N-dealkylation sites (N-methyl/N-ethyl adjacent to an activating group) is 1. The zero-order valence-electron chi connectivity index (χ0n) is 17.1. The van der Waals surface area contributed by atoms with Gasteiger partial charge in [0, 0.05) is 55.1 Å². The third-order valence-electron chi connectivity index (χ3n) is 5.49. The summed E-state index contributed by atoms with van der Waals surface area (Å²) < 4.78 is 1.78.